The van der Waals surface area contributed by atoms with Crippen molar-refractivity contribution in [1.82, 2.24) is 9.55 Å². The Morgan fingerprint density at radius 2 is 2.19 bits per heavy atom. The van der Waals surface area contributed by atoms with E-state index in [2.05, 4.69) is 4.98 Å². The van der Waals surface area contributed by atoms with Crippen LogP contribution in [0.4, 0.5) is 4.39 Å². The van der Waals surface area contributed by atoms with Crippen molar-refractivity contribution in [1.29, 1.82) is 0 Å². The molecular weight excluding hydrogens is 271 g/mol. The zero-order chi connectivity index (χ0) is 15.0. The molecule has 21 heavy (non-hydrogen) atoms. The zero-order valence-electron chi connectivity index (χ0n) is 12.4. The van der Waals surface area contributed by atoms with Gasteiger partial charge in [0.2, 0.25) is 0 Å². The van der Waals surface area contributed by atoms with Crippen LogP contribution in [0.2, 0.25) is 0 Å². The molecule has 0 aliphatic heterocycles. The van der Waals surface area contributed by atoms with E-state index >= 15 is 0 Å². The molecule has 1 heterocycles. The van der Waals surface area contributed by atoms with Crippen LogP contribution in [0.3, 0.4) is 0 Å². The lowest BCUT2D eigenvalue weighted by molar-refractivity contribution is -0.154. The molecule has 2 aromatic rings. The Kier molecular flexibility index (Phi) is 3.43. The Balaban J connectivity index is 2.16. The van der Waals surface area contributed by atoms with Crippen LogP contribution in [0.5, 0.6) is 0 Å². The topological polar surface area (TPSA) is 44.1 Å². The quantitative estimate of drug-likeness (QED) is 0.812. The zero-order valence-corrected chi connectivity index (χ0v) is 12.4. The van der Waals surface area contributed by atoms with Gasteiger partial charge in [-0.2, -0.15) is 0 Å². The maximum atomic E-state index is 13.5. The summed E-state index contributed by atoms with van der Waals surface area (Å²) in [5.74, 6) is 0.222. The highest BCUT2D eigenvalue weighted by atomic mass is 19.1. The number of esters is 1. The van der Waals surface area contributed by atoms with E-state index < -0.39 is 5.41 Å². The normalized spacial score (nSPS) is 16.7. The van der Waals surface area contributed by atoms with Crippen molar-refractivity contribution in [2.75, 3.05) is 6.61 Å². The largest absolute Gasteiger partial charge is 0.465 e. The van der Waals surface area contributed by atoms with Crippen LogP contribution in [0.15, 0.2) is 18.2 Å². The minimum atomic E-state index is -0.651. The minimum Gasteiger partial charge on any atom is -0.465 e. The van der Waals surface area contributed by atoms with E-state index in [1.54, 1.807) is 6.07 Å². The van der Waals surface area contributed by atoms with Crippen LogP contribution in [0, 0.1) is 5.82 Å². The number of aromatic nitrogens is 2. The minimum absolute atomic E-state index is 0.207. The number of carbonyl (C=O) groups excluding carboxylic acids is 1. The maximum Gasteiger partial charge on any atom is 0.319 e. The van der Waals surface area contributed by atoms with E-state index in [0.29, 0.717) is 13.2 Å². The van der Waals surface area contributed by atoms with E-state index in [-0.39, 0.29) is 11.8 Å². The molecule has 1 aliphatic rings. The molecule has 1 aromatic carbocycles. The first-order valence-electron chi connectivity index (χ1n) is 7.46. The second kappa shape index (κ2) is 5.13. The van der Waals surface area contributed by atoms with Crippen molar-refractivity contribution in [2.45, 2.75) is 45.1 Å². The lowest BCUT2D eigenvalue weighted by Crippen LogP contribution is -2.45. The average Bonchev–Trinajstić information content (AvgIpc) is 2.75. The van der Waals surface area contributed by atoms with Gasteiger partial charge >= 0.3 is 5.97 Å². The summed E-state index contributed by atoms with van der Waals surface area (Å²) >= 11 is 0. The number of ether oxygens (including phenoxy) is 1. The van der Waals surface area contributed by atoms with Crippen molar-refractivity contribution in [2.24, 2.45) is 0 Å². The first-order chi connectivity index (χ1) is 10.1. The molecule has 0 amide bonds. The fourth-order valence-corrected chi connectivity index (χ4v) is 3.10. The van der Waals surface area contributed by atoms with Gasteiger partial charge < -0.3 is 9.30 Å². The van der Waals surface area contributed by atoms with Crippen molar-refractivity contribution in [3.8, 4) is 0 Å². The van der Waals surface area contributed by atoms with E-state index in [1.165, 1.54) is 12.1 Å². The first kappa shape index (κ1) is 14.0. The molecule has 0 unspecified atom stereocenters. The molecule has 0 saturated heterocycles. The highest BCUT2D eigenvalue weighted by Gasteiger charge is 2.50. The van der Waals surface area contributed by atoms with Gasteiger partial charge in [-0.3, -0.25) is 4.79 Å². The Bertz CT molecular complexity index is 689. The lowest BCUT2D eigenvalue weighted by atomic mass is 9.68. The number of fused-ring (bicyclic) bond motifs is 1. The Labute approximate surface area is 122 Å². The van der Waals surface area contributed by atoms with Crippen LogP contribution in [-0.4, -0.2) is 22.1 Å². The van der Waals surface area contributed by atoms with Gasteiger partial charge in [0.1, 0.15) is 17.1 Å². The van der Waals surface area contributed by atoms with Crippen LogP contribution in [0.25, 0.3) is 11.0 Å². The van der Waals surface area contributed by atoms with Crippen LogP contribution < -0.4 is 0 Å². The Hall–Kier alpha value is -1.91. The number of halogens is 1. The van der Waals surface area contributed by atoms with Gasteiger partial charge in [-0.1, -0.05) is 6.42 Å². The average molecular weight is 290 g/mol. The van der Waals surface area contributed by atoms with E-state index in [0.717, 1.165) is 36.1 Å². The van der Waals surface area contributed by atoms with Crippen LogP contribution in [0.1, 0.15) is 38.9 Å². The van der Waals surface area contributed by atoms with E-state index in [9.17, 15) is 9.18 Å². The first-order valence-corrected chi connectivity index (χ1v) is 7.46. The number of imidazole rings is 1. The summed E-state index contributed by atoms with van der Waals surface area (Å²) in [5, 5.41) is 0. The number of hydrogen-bond acceptors (Lipinski definition) is 3. The molecule has 0 bridgehead atoms. The van der Waals surface area contributed by atoms with Gasteiger partial charge in [0.05, 0.1) is 17.6 Å². The van der Waals surface area contributed by atoms with Crippen molar-refractivity contribution < 1.29 is 13.9 Å². The number of benzene rings is 1. The summed E-state index contributed by atoms with van der Waals surface area (Å²) in [5.41, 5.74) is 0.813. The third-order valence-corrected chi connectivity index (χ3v) is 4.33. The number of aryl methyl sites for hydroxylation is 1. The molecule has 112 valence electrons. The molecule has 1 saturated carbocycles. The van der Waals surface area contributed by atoms with Gasteiger partial charge in [-0.05, 0) is 44.9 Å². The Morgan fingerprint density at radius 1 is 1.43 bits per heavy atom. The van der Waals surface area contributed by atoms with Crippen molar-refractivity contribution >= 4 is 17.0 Å². The number of hydrogen-bond donors (Lipinski definition) is 0. The van der Waals surface area contributed by atoms with Crippen LogP contribution in [-0.2, 0) is 21.5 Å². The predicted octanol–water partition coefficient (Wildman–Crippen LogP) is 3.18. The molecule has 5 heteroatoms. The third kappa shape index (κ3) is 2.03. The van der Waals surface area contributed by atoms with Crippen molar-refractivity contribution in [3.05, 3.63) is 29.8 Å². The van der Waals surface area contributed by atoms with Gasteiger partial charge in [0.15, 0.2) is 0 Å². The highest BCUT2D eigenvalue weighted by Crippen LogP contribution is 2.45. The molecule has 1 aromatic heterocycles. The van der Waals surface area contributed by atoms with Crippen molar-refractivity contribution in [3.63, 3.8) is 0 Å². The molecule has 0 atom stereocenters. The van der Waals surface area contributed by atoms with Crippen LogP contribution >= 0.6 is 0 Å². The monoisotopic (exact) mass is 290 g/mol. The fraction of sp³-hybridized carbons (Fsp3) is 0.500. The van der Waals surface area contributed by atoms with E-state index in [1.807, 2.05) is 18.4 Å². The highest BCUT2D eigenvalue weighted by molar-refractivity contribution is 5.86. The third-order valence-electron chi connectivity index (χ3n) is 4.33. The summed E-state index contributed by atoms with van der Waals surface area (Å²) in [7, 11) is 0. The summed E-state index contributed by atoms with van der Waals surface area (Å²) in [6.45, 7) is 4.80. The van der Waals surface area contributed by atoms with Gasteiger partial charge in [0.25, 0.3) is 0 Å². The molecule has 1 fully saturated rings. The predicted molar refractivity (Wildman–Crippen MR) is 77.5 cm³/mol. The van der Waals surface area contributed by atoms with E-state index in [4.69, 9.17) is 4.74 Å². The standard InChI is InChI=1S/C16H19FN2O2/c1-3-19-13-10-11(17)6-7-12(13)18-14(19)16(8-5-9-16)15(20)21-4-2/h6-7,10H,3-5,8-9H2,1-2H3. The molecular formula is C16H19FN2O2. The maximum absolute atomic E-state index is 13.5. The molecule has 0 N–H and O–H groups in total. The van der Waals surface area contributed by atoms with Gasteiger partial charge in [-0.15, -0.1) is 0 Å². The fourth-order valence-electron chi connectivity index (χ4n) is 3.10. The number of carbonyl (C=O) groups is 1. The summed E-state index contributed by atoms with van der Waals surface area (Å²) in [6.07, 6.45) is 2.48. The second-order valence-corrected chi connectivity index (χ2v) is 5.47. The smallest absolute Gasteiger partial charge is 0.319 e. The summed E-state index contributed by atoms with van der Waals surface area (Å²) in [4.78, 5) is 17.0. The second-order valence-electron chi connectivity index (χ2n) is 5.47. The molecule has 3 rings (SSSR count). The molecule has 4 nitrogen and oxygen atoms in total. The Morgan fingerprint density at radius 3 is 2.76 bits per heavy atom. The summed E-state index contributed by atoms with van der Waals surface area (Å²) < 4.78 is 20.7. The molecule has 0 radical (unpaired) electrons. The number of nitrogens with zero attached hydrogens (tertiary/aromatic N) is 2. The molecule has 1 aliphatic carbocycles. The SMILES string of the molecule is CCOC(=O)C1(c2nc3ccc(F)cc3n2CC)CCC1. The van der Waals surface area contributed by atoms with Gasteiger partial charge in [-0.25, -0.2) is 9.37 Å². The lowest BCUT2D eigenvalue weighted by Gasteiger charge is -2.38. The number of rotatable bonds is 4. The van der Waals surface area contributed by atoms with Gasteiger partial charge in [0, 0.05) is 6.54 Å². The summed E-state index contributed by atoms with van der Waals surface area (Å²) in [6, 6.07) is 4.54. The molecule has 0 spiro atoms.